The molecule has 1 aliphatic heterocycles. The molecule has 0 bridgehead atoms. The van der Waals surface area contributed by atoms with Crippen LogP contribution in [0.25, 0.3) is 31.1 Å². The van der Waals surface area contributed by atoms with Crippen LogP contribution in [-0.2, 0) is 7.05 Å². The van der Waals surface area contributed by atoms with Crippen molar-refractivity contribution in [3.05, 3.63) is 28.9 Å². The van der Waals surface area contributed by atoms with Gasteiger partial charge in [0.1, 0.15) is 5.01 Å². The smallest absolute Gasteiger partial charge is 0.155 e. The van der Waals surface area contributed by atoms with E-state index in [-0.39, 0.29) is 12.4 Å². The fourth-order valence-electron chi connectivity index (χ4n) is 3.58. The highest BCUT2D eigenvalue weighted by atomic mass is 35.5. The number of halogens is 1. The van der Waals surface area contributed by atoms with E-state index < -0.39 is 0 Å². The molecule has 0 aliphatic carbocycles. The van der Waals surface area contributed by atoms with Crippen molar-refractivity contribution in [2.45, 2.75) is 25.7 Å². The SMILES string of the molecule is Cc1cc(-c2nc3sc(C4CCNCC4)nc3s2)cc2cn(C)nc12.Cl. The Bertz CT molecular complexity index is 1040. The van der Waals surface area contributed by atoms with Crippen molar-refractivity contribution in [2.24, 2.45) is 7.05 Å². The predicted octanol–water partition coefficient (Wildman–Crippen LogP) is 4.50. The van der Waals surface area contributed by atoms with Gasteiger partial charge >= 0.3 is 0 Å². The molecule has 1 fully saturated rings. The lowest BCUT2D eigenvalue weighted by Gasteiger charge is -2.20. The number of piperidine rings is 1. The van der Waals surface area contributed by atoms with E-state index in [0.29, 0.717) is 5.92 Å². The Morgan fingerprint density at radius 3 is 2.65 bits per heavy atom. The number of nitrogens with one attached hydrogen (secondary N) is 1. The molecule has 5 rings (SSSR count). The molecular weight excluding hydrogens is 386 g/mol. The summed E-state index contributed by atoms with van der Waals surface area (Å²) in [5.74, 6) is 0.602. The molecule has 0 spiro atoms. The molecule has 4 heterocycles. The summed E-state index contributed by atoms with van der Waals surface area (Å²) in [5.41, 5.74) is 3.42. The van der Waals surface area contributed by atoms with Gasteiger partial charge in [-0.1, -0.05) is 22.7 Å². The summed E-state index contributed by atoms with van der Waals surface area (Å²) in [5, 5.41) is 11.4. The average molecular weight is 406 g/mol. The topological polar surface area (TPSA) is 55.6 Å². The highest BCUT2D eigenvalue weighted by Gasteiger charge is 2.21. The predicted molar refractivity (Wildman–Crippen MR) is 112 cm³/mol. The average Bonchev–Trinajstić information content (AvgIpc) is 3.27. The van der Waals surface area contributed by atoms with Gasteiger partial charge in [-0.15, -0.1) is 12.4 Å². The van der Waals surface area contributed by atoms with Gasteiger partial charge in [0.25, 0.3) is 0 Å². The van der Waals surface area contributed by atoms with E-state index in [4.69, 9.17) is 9.97 Å². The quantitative estimate of drug-likeness (QED) is 0.533. The molecule has 26 heavy (non-hydrogen) atoms. The largest absolute Gasteiger partial charge is 0.317 e. The van der Waals surface area contributed by atoms with Gasteiger partial charge in [-0.3, -0.25) is 4.68 Å². The van der Waals surface area contributed by atoms with E-state index in [9.17, 15) is 0 Å². The molecule has 0 amide bonds. The molecule has 0 atom stereocenters. The summed E-state index contributed by atoms with van der Waals surface area (Å²) < 4.78 is 1.87. The molecule has 4 aromatic rings. The van der Waals surface area contributed by atoms with E-state index in [1.807, 2.05) is 11.7 Å². The molecule has 8 heteroatoms. The van der Waals surface area contributed by atoms with Gasteiger partial charge in [-0.05, 0) is 50.6 Å². The van der Waals surface area contributed by atoms with Crippen LogP contribution in [0, 0.1) is 6.92 Å². The minimum atomic E-state index is 0. The Kier molecular flexibility index (Phi) is 4.73. The second-order valence-electron chi connectivity index (χ2n) is 6.74. The first kappa shape index (κ1) is 17.9. The van der Waals surface area contributed by atoms with Gasteiger partial charge in [0.2, 0.25) is 0 Å². The zero-order valence-electron chi connectivity index (χ0n) is 14.7. The van der Waals surface area contributed by atoms with Crippen molar-refractivity contribution in [1.29, 1.82) is 0 Å². The van der Waals surface area contributed by atoms with Gasteiger partial charge < -0.3 is 5.32 Å². The van der Waals surface area contributed by atoms with Gasteiger partial charge in [0.15, 0.2) is 9.66 Å². The number of hydrogen-bond acceptors (Lipinski definition) is 6. The minimum Gasteiger partial charge on any atom is -0.317 e. The van der Waals surface area contributed by atoms with Crippen molar-refractivity contribution in [1.82, 2.24) is 25.1 Å². The number of rotatable bonds is 2. The van der Waals surface area contributed by atoms with Crippen LogP contribution < -0.4 is 5.32 Å². The van der Waals surface area contributed by atoms with E-state index >= 15 is 0 Å². The maximum atomic E-state index is 4.90. The lowest BCUT2D eigenvalue weighted by molar-refractivity contribution is 0.459. The van der Waals surface area contributed by atoms with Crippen LogP contribution in [0.3, 0.4) is 0 Å². The number of aryl methyl sites for hydroxylation is 2. The summed E-state index contributed by atoms with van der Waals surface area (Å²) in [6.45, 7) is 4.31. The van der Waals surface area contributed by atoms with Crippen LogP contribution in [0.5, 0.6) is 0 Å². The summed E-state index contributed by atoms with van der Waals surface area (Å²) in [7, 11) is 1.96. The zero-order valence-corrected chi connectivity index (χ0v) is 17.1. The minimum absolute atomic E-state index is 0. The van der Waals surface area contributed by atoms with E-state index in [1.165, 1.54) is 28.8 Å². The number of nitrogens with zero attached hydrogens (tertiary/aromatic N) is 4. The molecule has 5 nitrogen and oxygen atoms in total. The first-order chi connectivity index (χ1) is 12.2. The Balaban J connectivity index is 0.00000168. The lowest BCUT2D eigenvalue weighted by atomic mass is 9.99. The van der Waals surface area contributed by atoms with E-state index in [0.717, 1.165) is 38.8 Å². The third-order valence-electron chi connectivity index (χ3n) is 4.84. The number of thiazole rings is 2. The van der Waals surface area contributed by atoms with Crippen LogP contribution in [0.1, 0.15) is 29.3 Å². The molecule has 1 N–H and O–H groups in total. The molecule has 1 aromatic carbocycles. The van der Waals surface area contributed by atoms with Crippen molar-refractivity contribution in [3.8, 4) is 10.6 Å². The van der Waals surface area contributed by atoms with Gasteiger partial charge in [-0.2, -0.15) is 5.10 Å². The van der Waals surface area contributed by atoms with Crippen LogP contribution in [0.15, 0.2) is 18.3 Å². The first-order valence-corrected chi connectivity index (χ1v) is 10.2. The Morgan fingerprint density at radius 2 is 1.88 bits per heavy atom. The number of hydrogen-bond donors (Lipinski definition) is 1. The normalized spacial score (nSPS) is 15.6. The van der Waals surface area contributed by atoms with Crippen molar-refractivity contribution in [2.75, 3.05) is 13.1 Å². The van der Waals surface area contributed by atoms with Gasteiger partial charge in [0, 0.05) is 30.1 Å². The standard InChI is InChI=1S/C18H19N5S2.ClH/c1-10-7-12(8-13-9-23(2)22-14(10)13)16-21-18-17(25-16)20-15(24-18)11-3-5-19-6-4-11;/h7-9,11,19H,3-6H2,1-2H3;1H. The monoisotopic (exact) mass is 405 g/mol. The third-order valence-corrected chi connectivity index (χ3v) is 7.08. The maximum Gasteiger partial charge on any atom is 0.155 e. The molecule has 0 saturated carbocycles. The number of benzene rings is 1. The maximum absolute atomic E-state index is 4.90. The van der Waals surface area contributed by atoms with Gasteiger partial charge in [-0.25, -0.2) is 9.97 Å². The molecule has 1 saturated heterocycles. The summed E-state index contributed by atoms with van der Waals surface area (Å²) in [6.07, 6.45) is 4.43. The molecule has 136 valence electrons. The van der Waals surface area contributed by atoms with Crippen LogP contribution in [0.4, 0.5) is 0 Å². The van der Waals surface area contributed by atoms with Crippen molar-refractivity contribution < 1.29 is 0 Å². The van der Waals surface area contributed by atoms with Crippen molar-refractivity contribution >= 4 is 55.6 Å². The number of fused-ring (bicyclic) bond motifs is 2. The van der Waals surface area contributed by atoms with Crippen LogP contribution >= 0.6 is 35.1 Å². The molecule has 0 radical (unpaired) electrons. The molecule has 1 aliphatic rings. The molecule has 3 aromatic heterocycles. The summed E-state index contributed by atoms with van der Waals surface area (Å²) in [4.78, 5) is 11.9. The fraction of sp³-hybridized carbons (Fsp3) is 0.389. The zero-order chi connectivity index (χ0) is 17.0. The van der Waals surface area contributed by atoms with E-state index in [2.05, 4.69) is 35.7 Å². The number of aromatic nitrogens is 4. The highest BCUT2D eigenvalue weighted by Crippen LogP contribution is 2.38. The van der Waals surface area contributed by atoms with Gasteiger partial charge in [0.05, 0.1) is 10.5 Å². The van der Waals surface area contributed by atoms with Crippen molar-refractivity contribution in [3.63, 3.8) is 0 Å². The molecular formula is C18H20ClN5S2. The Hall–Kier alpha value is -1.54. The third kappa shape index (κ3) is 3.03. The molecule has 0 unspecified atom stereocenters. The summed E-state index contributed by atoms with van der Waals surface area (Å²) in [6, 6.07) is 4.37. The highest BCUT2D eigenvalue weighted by molar-refractivity contribution is 7.28. The Labute approximate surface area is 165 Å². The van der Waals surface area contributed by atoms with Crippen LogP contribution in [0.2, 0.25) is 0 Å². The Morgan fingerprint density at radius 1 is 1.12 bits per heavy atom. The van der Waals surface area contributed by atoms with E-state index in [1.54, 1.807) is 22.7 Å². The summed E-state index contributed by atoms with van der Waals surface area (Å²) >= 11 is 3.48. The second kappa shape index (κ2) is 6.88. The lowest BCUT2D eigenvalue weighted by Crippen LogP contribution is -2.26. The van der Waals surface area contributed by atoms with Crippen LogP contribution in [-0.4, -0.2) is 32.8 Å². The second-order valence-corrected chi connectivity index (χ2v) is 8.73. The fourth-order valence-corrected chi connectivity index (χ4v) is 5.78. The first-order valence-electron chi connectivity index (χ1n) is 8.60.